The van der Waals surface area contributed by atoms with Crippen LogP contribution in [-0.2, 0) is 6.61 Å². The van der Waals surface area contributed by atoms with Gasteiger partial charge in [0, 0.05) is 24.8 Å². The van der Waals surface area contributed by atoms with Crippen LogP contribution >= 0.6 is 0 Å². The first kappa shape index (κ1) is 11.4. The fraction of sp³-hybridized carbons (Fsp3) is 0.583. The van der Waals surface area contributed by atoms with Crippen molar-refractivity contribution in [3.8, 4) is 5.88 Å². The van der Waals surface area contributed by atoms with E-state index in [2.05, 4.69) is 16.9 Å². The molecule has 0 aromatic carbocycles. The number of aliphatic hydroxyl groups is 1. The molecule has 0 unspecified atom stereocenters. The van der Waals surface area contributed by atoms with Gasteiger partial charge in [-0.05, 0) is 31.5 Å². The molecule has 1 aliphatic carbocycles. The van der Waals surface area contributed by atoms with E-state index in [4.69, 9.17) is 9.84 Å². The van der Waals surface area contributed by atoms with Crippen molar-refractivity contribution in [2.24, 2.45) is 0 Å². The van der Waals surface area contributed by atoms with Crippen LogP contribution in [0.3, 0.4) is 0 Å². The van der Waals surface area contributed by atoms with Crippen LogP contribution < -0.4 is 4.74 Å². The van der Waals surface area contributed by atoms with E-state index >= 15 is 0 Å². The van der Waals surface area contributed by atoms with E-state index in [0.717, 1.165) is 18.2 Å². The Labute approximate surface area is 95.9 Å². The Morgan fingerprint density at radius 1 is 1.50 bits per heavy atom. The molecule has 0 aliphatic heterocycles. The van der Waals surface area contributed by atoms with E-state index in [1.54, 1.807) is 12.3 Å². The lowest BCUT2D eigenvalue weighted by atomic mass is 10.3. The van der Waals surface area contributed by atoms with Crippen molar-refractivity contribution in [1.82, 2.24) is 9.88 Å². The predicted molar refractivity (Wildman–Crippen MR) is 61.3 cm³/mol. The van der Waals surface area contributed by atoms with Gasteiger partial charge in [-0.25, -0.2) is 4.98 Å². The number of pyridine rings is 1. The smallest absolute Gasteiger partial charge is 0.213 e. The molecule has 0 saturated heterocycles. The summed E-state index contributed by atoms with van der Waals surface area (Å²) >= 11 is 0. The summed E-state index contributed by atoms with van der Waals surface area (Å²) in [6.45, 7) is 1.63. The minimum atomic E-state index is 0.0255. The molecule has 88 valence electrons. The molecule has 0 atom stereocenters. The summed E-state index contributed by atoms with van der Waals surface area (Å²) in [6.07, 6.45) is 4.28. The number of likely N-dealkylation sites (N-methyl/N-ethyl adjacent to an activating group) is 1. The molecule has 1 N–H and O–H groups in total. The lowest BCUT2D eigenvalue weighted by Crippen LogP contribution is -2.26. The number of rotatable bonds is 6. The molecule has 4 heteroatoms. The normalized spacial score (nSPS) is 15.4. The highest BCUT2D eigenvalue weighted by Crippen LogP contribution is 2.24. The molecule has 0 bridgehead atoms. The molecule has 2 rings (SSSR count). The monoisotopic (exact) mass is 222 g/mol. The van der Waals surface area contributed by atoms with Gasteiger partial charge >= 0.3 is 0 Å². The second kappa shape index (κ2) is 5.27. The van der Waals surface area contributed by atoms with Crippen molar-refractivity contribution in [2.75, 3.05) is 20.2 Å². The molecule has 4 nitrogen and oxygen atoms in total. The second-order valence-electron chi connectivity index (χ2n) is 4.22. The van der Waals surface area contributed by atoms with Gasteiger partial charge in [-0.3, -0.25) is 0 Å². The number of aromatic nitrogens is 1. The fourth-order valence-electron chi connectivity index (χ4n) is 1.58. The van der Waals surface area contributed by atoms with E-state index in [1.165, 1.54) is 12.8 Å². The molecular formula is C12H18N2O2. The summed E-state index contributed by atoms with van der Waals surface area (Å²) in [4.78, 5) is 6.43. The van der Waals surface area contributed by atoms with Crippen molar-refractivity contribution in [2.45, 2.75) is 25.5 Å². The largest absolute Gasteiger partial charge is 0.476 e. The van der Waals surface area contributed by atoms with Gasteiger partial charge in [0.05, 0.1) is 6.61 Å². The first-order valence-corrected chi connectivity index (χ1v) is 5.68. The van der Waals surface area contributed by atoms with Gasteiger partial charge in [0.15, 0.2) is 0 Å². The van der Waals surface area contributed by atoms with E-state index in [0.29, 0.717) is 12.5 Å². The number of nitrogens with zero attached hydrogens (tertiary/aromatic N) is 2. The molecule has 1 aromatic rings. The Kier molecular flexibility index (Phi) is 3.74. The van der Waals surface area contributed by atoms with Crippen molar-refractivity contribution in [3.05, 3.63) is 23.9 Å². The Bertz CT molecular complexity index is 322. The maximum atomic E-state index is 8.86. The zero-order chi connectivity index (χ0) is 11.4. The summed E-state index contributed by atoms with van der Waals surface area (Å²) in [5, 5.41) is 8.86. The van der Waals surface area contributed by atoms with Crippen molar-refractivity contribution < 1.29 is 9.84 Å². The minimum absolute atomic E-state index is 0.0255. The van der Waals surface area contributed by atoms with Crippen LogP contribution in [0.25, 0.3) is 0 Å². The molecule has 1 aliphatic rings. The Hall–Kier alpha value is -1.13. The van der Waals surface area contributed by atoms with Crippen LogP contribution in [0.1, 0.15) is 18.4 Å². The van der Waals surface area contributed by atoms with Crippen LogP contribution in [0, 0.1) is 0 Å². The lowest BCUT2D eigenvalue weighted by Gasteiger charge is -2.15. The van der Waals surface area contributed by atoms with Crippen LogP contribution in [0.15, 0.2) is 18.3 Å². The van der Waals surface area contributed by atoms with E-state index in [9.17, 15) is 0 Å². The average Bonchev–Trinajstić information content (AvgIpc) is 3.14. The summed E-state index contributed by atoms with van der Waals surface area (Å²) in [5.74, 6) is 0.626. The molecular weight excluding hydrogens is 204 g/mol. The summed E-state index contributed by atoms with van der Waals surface area (Å²) < 4.78 is 5.52. The molecule has 1 saturated carbocycles. The molecule has 1 fully saturated rings. The minimum Gasteiger partial charge on any atom is -0.476 e. The van der Waals surface area contributed by atoms with Gasteiger partial charge in [-0.15, -0.1) is 0 Å². The van der Waals surface area contributed by atoms with Crippen molar-refractivity contribution in [1.29, 1.82) is 0 Å². The SMILES string of the molecule is CN(CCOc1ccc(CO)cn1)C1CC1. The second-order valence-corrected chi connectivity index (χ2v) is 4.22. The van der Waals surface area contributed by atoms with E-state index in [1.807, 2.05) is 6.07 Å². The third-order valence-corrected chi connectivity index (χ3v) is 2.84. The van der Waals surface area contributed by atoms with Crippen LogP contribution in [-0.4, -0.2) is 41.2 Å². The summed E-state index contributed by atoms with van der Waals surface area (Å²) in [7, 11) is 2.13. The molecule has 0 spiro atoms. The number of hydrogen-bond donors (Lipinski definition) is 1. The zero-order valence-electron chi connectivity index (χ0n) is 9.59. The third-order valence-electron chi connectivity index (χ3n) is 2.84. The standard InChI is InChI=1S/C12H18N2O2/c1-14(11-3-4-11)6-7-16-12-5-2-10(9-15)8-13-12/h2,5,8,11,15H,3-4,6-7,9H2,1H3. The van der Waals surface area contributed by atoms with Gasteiger partial charge in [0.2, 0.25) is 5.88 Å². The topological polar surface area (TPSA) is 45.6 Å². The average molecular weight is 222 g/mol. The maximum absolute atomic E-state index is 8.86. The van der Waals surface area contributed by atoms with Gasteiger partial charge in [-0.2, -0.15) is 0 Å². The first-order chi connectivity index (χ1) is 7.79. The van der Waals surface area contributed by atoms with Crippen LogP contribution in [0.2, 0.25) is 0 Å². The Balaban J connectivity index is 1.71. The molecule has 1 aromatic heterocycles. The number of hydrogen-bond acceptors (Lipinski definition) is 4. The predicted octanol–water partition coefficient (Wildman–Crippen LogP) is 1.05. The van der Waals surface area contributed by atoms with Gasteiger partial charge in [-0.1, -0.05) is 0 Å². The van der Waals surface area contributed by atoms with Crippen molar-refractivity contribution >= 4 is 0 Å². The highest BCUT2D eigenvalue weighted by atomic mass is 16.5. The van der Waals surface area contributed by atoms with Gasteiger partial charge in [0.1, 0.15) is 6.61 Å². The van der Waals surface area contributed by atoms with Crippen LogP contribution in [0.5, 0.6) is 5.88 Å². The quantitative estimate of drug-likeness (QED) is 0.781. The highest BCUT2D eigenvalue weighted by molar-refractivity contribution is 5.16. The molecule has 1 heterocycles. The molecule has 0 radical (unpaired) electrons. The van der Waals surface area contributed by atoms with Gasteiger partial charge in [0.25, 0.3) is 0 Å². The lowest BCUT2D eigenvalue weighted by molar-refractivity contribution is 0.226. The summed E-state index contributed by atoms with van der Waals surface area (Å²) in [6, 6.07) is 4.39. The zero-order valence-corrected chi connectivity index (χ0v) is 9.59. The first-order valence-electron chi connectivity index (χ1n) is 5.68. The third kappa shape index (κ3) is 3.18. The number of aliphatic hydroxyl groups excluding tert-OH is 1. The highest BCUT2D eigenvalue weighted by Gasteiger charge is 2.25. The molecule has 0 amide bonds. The van der Waals surface area contributed by atoms with E-state index in [-0.39, 0.29) is 6.61 Å². The Morgan fingerprint density at radius 3 is 2.88 bits per heavy atom. The van der Waals surface area contributed by atoms with Crippen LogP contribution in [0.4, 0.5) is 0 Å². The fourth-order valence-corrected chi connectivity index (χ4v) is 1.58. The molecule has 16 heavy (non-hydrogen) atoms. The van der Waals surface area contributed by atoms with Crippen molar-refractivity contribution in [3.63, 3.8) is 0 Å². The number of ether oxygens (including phenoxy) is 1. The van der Waals surface area contributed by atoms with E-state index < -0.39 is 0 Å². The Morgan fingerprint density at radius 2 is 2.31 bits per heavy atom. The summed E-state index contributed by atoms with van der Waals surface area (Å²) in [5.41, 5.74) is 0.808. The van der Waals surface area contributed by atoms with Gasteiger partial charge < -0.3 is 14.7 Å². The maximum Gasteiger partial charge on any atom is 0.213 e.